The highest BCUT2D eigenvalue weighted by Crippen LogP contribution is 2.23. The predicted octanol–water partition coefficient (Wildman–Crippen LogP) is 4.09. The Morgan fingerprint density at radius 2 is 2.24 bits per heavy atom. The van der Waals surface area contributed by atoms with Crippen molar-refractivity contribution in [3.05, 3.63) is 72.7 Å². The summed E-state index contributed by atoms with van der Waals surface area (Å²) >= 11 is 0. The minimum atomic E-state index is 0.198. The van der Waals surface area contributed by atoms with Gasteiger partial charge in [-0.25, -0.2) is 4.98 Å². The molecule has 3 rings (SSSR count). The Hall–Kier alpha value is -2.49. The Labute approximate surface area is 124 Å². The fraction of sp³-hybridized carbons (Fsp3) is 0.235. The minimum absolute atomic E-state index is 0.198. The summed E-state index contributed by atoms with van der Waals surface area (Å²) in [5, 5.41) is 3.53. The van der Waals surface area contributed by atoms with Crippen LogP contribution in [0.15, 0.2) is 65.8 Å². The maximum atomic E-state index is 5.50. The average molecular weight is 281 g/mol. The van der Waals surface area contributed by atoms with Crippen molar-refractivity contribution < 1.29 is 4.42 Å². The number of hydrogen-bond donors (Lipinski definition) is 1. The molecule has 108 valence electrons. The smallest absolute Gasteiger partial charge is 0.125 e. The van der Waals surface area contributed by atoms with Crippen LogP contribution in [0.3, 0.4) is 0 Å². The van der Waals surface area contributed by atoms with Crippen molar-refractivity contribution in [2.75, 3.05) is 5.32 Å². The van der Waals surface area contributed by atoms with Crippen molar-refractivity contribution in [1.82, 2.24) is 9.55 Å². The highest BCUT2D eigenvalue weighted by molar-refractivity contribution is 5.47. The molecule has 0 radical (unpaired) electrons. The summed E-state index contributed by atoms with van der Waals surface area (Å²) in [5.41, 5.74) is 2.35. The van der Waals surface area contributed by atoms with Crippen molar-refractivity contribution in [1.29, 1.82) is 0 Å². The topological polar surface area (TPSA) is 43.0 Å². The first-order chi connectivity index (χ1) is 10.3. The van der Waals surface area contributed by atoms with E-state index in [1.807, 2.05) is 24.7 Å². The molecule has 0 aliphatic carbocycles. The number of benzene rings is 1. The third-order valence-corrected chi connectivity index (χ3v) is 3.49. The van der Waals surface area contributed by atoms with Crippen LogP contribution >= 0.6 is 0 Å². The Kier molecular flexibility index (Phi) is 4.05. The molecule has 0 aliphatic heterocycles. The molecular weight excluding hydrogens is 262 g/mol. The lowest BCUT2D eigenvalue weighted by Gasteiger charge is -2.16. The van der Waals surface area contributed by atoms with E-state index in [4.69, 9.17) is 4.42 Å². The molecule has 0 spiro atoms. The highest BCUT2D eigenvalue weighted by Gasteiger charge is 2.11. The standard InChI is InChI=1S/C17H19N3O/c1-2-16(17-7-4-10-21-17)19-15-6-3-5-14(11-15)12-20-9-8-18-13-20/h3-11,13,16,19H,2,12H2,1H3. The van der Waals surface area contributed by atoms with Gasteiger partial charge < -0.3 is 14.3 Å². The van der Waals surface area contributed by atoms with Gasteiger partial charge in [-0.2, -0.15) is 0 Å². The van der Waals surface area contributed by atoms with Gasteiger partial charge >= 0.3 is 0 Å². The number of imidazole rings is 1. The molecule has 4 heteroatoms. The molecule has 0 fully saturated rings. The second kappa shape index (κ2) is 6.31. The first-order valence-electron chi connectivity index (χ1n) is 7.20. The van der Waals surface area contributed by atoms with Crippen molar-refractivity contribution in [3.63, 3.8) is 0 Å². The maximum absolute atomic E-state index is 5.50. The van der Waals surface area contributed by atoms with Crippen LogP contribution in [-0.4, -0.2) is 9.55 Å². The second-order valence-electron chi connectivity index (χ2n) is 5.06. The summed E-state index contributed by atoms with van der Waals surface area (Å²) in [6.45, 7) is 2.97. The SMILES string of the molecule is CCC(Nc1cccc(Cn2ccnc2)c1)c1ccco1. The summed E-state index contributed by atoms with van der Waals surface area (Å²) in [7, 11) is 0. The van der Waals surface area contributed by atoms with Gasteiger partial charge in [-0.1, -0.05) is 19.1 Å². The van der Waals surface area contributed by atoms with E-state index in [0.29, 0.717) is 0 Å². The highest BCUT2D eigenvalue weighted by atomic mass is 16.3. The van der Waals surface area contributed by atoms with Crippen LogP contribution < -0.4 is 5.32 Å². The van der Waals surface area contributed by atoms with Crippen molar-refractivity contribution in [2.45, 2.75) is 25.9 Å². The van der Waals surface area contributed by atoms with Crippen molar-refractivity contribution in [3.8, 4) is 0 Å². The Bertz CT molecular complexity index is 659. The van der Waals surface area contributed by atoms with E-state index < -0.39 is 0 Å². The predicted molar refractivity (Wildman–Crippen MR) is 83.1 cm³/mol. The molecule has 2 heterocycles. The monoisotopic (exact) mass is 281 g/mol. The number of furan rings is 1. The number of nitrogens with one attached hydrogen (secondary N) is 1. The molecule has 1 unspecified atom stereocenters. The van der Waals surface area contributed by atoms with Gasteiger partial charge in [0, 0.05) is 24.6 Å². The van der Waals surface area contributed by atoms with Gasteiger partial charge in [-0.15, -0.1) is 0 Å². The molecule has 0 saturated heterocycles. The van der Waals surface area contributed by atoms with E-state index in [2.05, 4.69) is 46.1 Å². The minimum Gasteiger partial charge on any atom is -0.467 e. The number of hydrogen-bond acceptors (Lipinski definition) is 3. The van der Waals surface area contributed by atoms with Gasteiger partial charge in [-0.3, -0.25) is 0 Å². The summed E-state index contributed by atoms with van der Waals surface area (Å²) < 4.78 is 7.56. The van der Waals surface area contributed by atoms with Crippen molar-refractivity contribution in [2.24, 2.45) is 0 Å². The van der Waals surface area contributed by atoms with Crippen LogP contribution in [0.2, 0.25) is 0 Å². The molecule has 3 aromatic rings. The Balaban J connectivity index is 1.73. The van der Waals surface area contributed by atoms with Crippen LogP contribution in [0.5, 0.6) is 0 Å². The Morgan fingerprint density at radius 1 is 1.29 bits per heavy atom. The zero-order valence-electron chi connectivity index (χ0n) is 12.1. The van der Waals surface area contributed by atoms with Crippen LogP contribution in [0.1, 0.15) is 30.7 Å². The van der Waals surface area contributed by atoms with Crippen LogP contribution in [0, 0.1) is 0 Å². The lowest BCUT2D eigenvalue weighted by molar-refractivity contribution is 0.474. The molecular formula is C17H19N3O. The summed E-state index contributed by atoms with van der Waals surface area (Å²) in [5.74, 6) is 0.970. The number of rotatable bonds is 6. The van der Waals surface area contributed by atoms with Crippen LogP contribution in [0.25, 0.3) is 0 Å². The molecule has 0 aliphatic rings. The molecule has 1 N–H and O–H groups in total. The fourth-order valence-electron chi connectivity index (χ4n) is 2.42. The molecule has 0 saturated carbocycles. The molecule has 4 nitrogen and oxygen atoms in total. The van der Waals surface area contributed by atoms with Gasteiger partial charge in [-0.05, 0) is 36.2 Å². The third-order valence-electron chi connectivity index (χ3n) is 3.49. The van der Waals surface area contributed by atoms with Gasteiger partial charge in [0.25, 0.3) is 0 Å². The van der Waals surface area contributed by atoms with Gasteiger partial charge in [0.2, 0.25) is 0 Å². The largest absolute Gasteiger partial charge is 0.467 e. The van der Waals surface area contributed by atoms with E-state index in [1.165, 1.54) is 5.56 Å². The van der Waals surface area contributed by atoms with Crippen LogP contribution in [0.4, 0.5) is 5.69 Å². The summed E-state index contributed by atoms with van der Waals surface area (Å²) in [6.07, 6.45) is 8.29. The molecule has 2 aromatic heterocycles. The zero-order chi connectivity index (χ0) is 14.5. The fourth-order valence-corrected chi connectivity index (χ4v) is 2.42. The van der Waals surface area contributed by atoms with E-state index in [-0.39, 0.29) is 6.04 Å². The van der Waals surface area contributed by atoms with E-state index in [0.717, 1.165) is 24.4 Å². The first-order valence-corrected chi connectivity index (χ1v) is 7.20. The zero-order valence-corrected chi connectivity index (χ0v) is 12.1. The number of aromatic nitrogens is 2. The van der Waals surface area contributed by atoms with Crippen LogP contribution in [-0.2, 0) is 6.54 Å². The van der Waals surface area contributed by atoms with E-state index in [9.17, 15) is 0 Å². The first kappa shape index (κ1) is 13.5. The summed E-state index contributed by atoms with van der Waals surface area (Å²) in [6, 6.07) is 12.6. The normalized spacial score (nSPS) is 12.2. The van der Waals surface area contributed by atoms with E-state index >= 15 is 0 Å². The lowest BCUT2D eigenvalue weighted by Crippen LogP contribution is -2.09. The van der Waals surface area contributed by atoms with Gasteiger partial charge in [0.05, 0.1) is 18.6 Å². The quantitative estimate of drug-likeness (QED) is 0.740. The second-order valence-corrected chi connectivity index (χ2v) is 5.06. The molecule has 1 aromatic carbocycles. The van der Waals surface area contributed by atoms with E-state index in [1.54, 1.807) is 12.5 Å². The Morgan fingerprint density at radius 3 is 2.95 bits per heavy atom. The van der Waals surface area contributed by atoms with Gasteiger partial charge in [0.15, 0.2) is 0 Å². The average Bonchev–Trinajstić information content (AvgIpc) is 3.18. The third kappa shape index (κ3) is 3.34. The summed E-state index contributed by atoms with van der Waals surface area (Å²) in [4.78, 5) is 4.07. The van der Waals surface area contributed by atoms with Gasteiger partial charge in [0.1, 0.15) is 5.76 Å². The maximum Gasteiger partial charge on any atom is 0.125 e. The number of anilines is 1. The van der Waals surface area contributed by atoms with Crippen molar-refractivity contribution >= 4 is 5.69 Å². The lowest BCUT2D eigenvalue weighted by atomic mass is 10.1. The molecule has 21 heavy (non-hydrogen) atoms. The number of nitrogens with zero attached hydrogens (tertiary/aromatic N) is 2. The molecule has 0 bridgehead atoms. The molecule has 1 atom stereocenters. The molecule has 0 amide bonds.